The zero-order chi connectivity index (χ0) is 22.1. The Morgan fingerprint density at radius 3 is 2.52 bits per heavy atom. The Labute approximate surface area is 188 Å². The molecule has 1 aromatic heterocycles. The van der Waals surface area contributed by atoms with Crippen molar-refractivity contribution in [3.8, 4) is 5.69 Å². The highest BCUT2D eigenvalue weighted by atomic mass is 32.2. The fourth-order valence-corrected chi connectivity index (χ4v) is 5.40. The second-order valence-electron chi connectivity index (χ2n) is 9.13. The van der Waals surface area contributed by atoms with E-state index in [9.17, 15) is 9.59 Å². The number of aromatic nitrogens is 3. The highest BCUT2D eigenvalue weighted by Crippen LogP contribution is 2.42. The van der Waals surface area contributed by atoms with Crippen LogP contribution in [-0.4, -0.2) is 49.8 Å². The van der Waals surface area contributed by atoms with Crippen molar-refractivity contribution in [3.63, 3.8) is 0 Å². The van der Waals surface area contributed by atoms with E-state index < -0.39 is 0 Å². The summed E-state index contributed by atoms with van der Waals surface area (Å²) in [5.74, 6) is 2.46. The van der Waals surface area contributed by atoms with Gasteiger partial charge in [0.15, 0.2) is 5.16 Å². The fraction of sp³-hybridized carbons (Fsp3) is 0.565. The molecule has 1 saturated heterocycles. The molecule has 4 rings (SSSR count). The van der Waals surface area contributed by atoms with E-state index in [0.717, 1.165) is 48.3 Å². The number of carbonyl (C=O) groups is 2. The molecule has 166 valence electrons. The third-order valence-corrected chi connectivity index (χ3v) is 6.87. The first kappa shape index (κ1) is 21.9. The minimum absolute atomic E-state index is 0.109. The highest BCUT2D eigenvalue weighted by molar-refractivity contribution is 8.00. The maximum absolute atomic E-state index is 13.2. The van der Waals surface area contributed by atoms with Gasteiger partial charge in [0, 0.05) is 31.6 Å². The van der Waals surface area contributed by atoms with Gasteiger partial charge < -0.3 is 10.2 Å². The summed E-state index contributed by atoms with van der Waals surface area (Å²) in [7, 11) is 0. The Hall–Kier alpha value is -2.35. The lowest BCUT2D eigenvalue weighted by atomic mass is 9.92. The first-order valence-electron chi connectivity index (χ1n) is 11.1. The molecule has 7 nitrogen and oxygen atoms in total. The topological polar surface area (TPSA) is 80.1 Å². The van der Waals surface area contributed by atoms with Crippen LogP contribution >= 0.6 is 11.8 Å². The molecular weight excluding hydrogens is 410 g/mol. The second kappa shape index (κ2) is 9.02. The summed E-state index contributed by atoms with van der Waals surface area (Å²) in [6.45, 7) is 9.54. The summed E-state index contributed by atoms with van der Waals surface area (Å²) in [6, 6.07) is 7.70. The van der Waals surface area contributed by atoms with Gasteiger partial charge in [0.2, 0.25) is 11.8 Å². The third-order valence-electron chi connectivity index (χ3n) is 5.84. The van der Waals surface area contributed by atoms with Gasteiger partial charge in [-0.05, 0) is 56.2 Å². The molecule has 1 N–H and O–H groups in total. The minimum Gasteiger partial charge on any atom is -0.341 e. The number of nitrogens with one attached hydrogen (secondary N) is 1. The van der Waals surface area contributed by atoms with Gasteiger partial charge in [-0.1, -0.05) is 31.7 Å². The van der Waals surface area contributed by atoms with E-state index >= 15 is 0 Å². The van der Waals surface area contributed by atoms with E-state index in [1.807, 2.05) is 36.1 Å². The molecule has 1 saturated carbocycles. The number of hydrogen-bond acceptors (Lipinski definition) is 5. The van der Waals surface area contributed by atoms with Crippen LogP contribution in [0.15, 0.2) is 29.4 Å². The van der Waals surface area contributed by atoms with Crippen LogP contribution in [0.25, 0.3) is 5.69 Å². The molecule has 0 bridgehead atoms. The number of hydrogen-bond donors (Lipinski definition) is 1. The van der Waals surface area contributed by atoms with Crippen molar-refractivity contribution in [2.45, 2.75) is 63.3 Å². The fourth-order valence-electron chi connectivity index (χ4n) is 4.44. The van der Waals surface area contributed by atoms with Gasteiger partial charge >= 0.3 is 0 Å². The molecule has 0 spiro atoms. The lowest BCUT2D eigenvalue weighted by molar-refractivity contribution is -0.133. The van der Waals surface area contributed by atoms with Crippen molar-refractivity contribution < 1.29 is 9.59 Å². The number of benzene rings is 1. The molecule has 1 aliphatic carbocycles. The maximum Gasteiger partial charge on any atom is 0.235 e. The third kappa shape index (κ3) is 5.11. The predicted octanol–water partition coefficient (Wildman–Crippen LogP) is 4.09. The van der Waals surface area contributed by atoms with Crippen LogP contribution < -0.4 is 5.32 Å². The Morgan fingerprint density at radius 1 is 1.16 bits per heavy atom. The van der Waals surface area contributed by atoms with Crippen molar-refractivity contribution in [2.75, 3.05) is 18.4 Å². The normalized spacial score (nSPS) is 22.3. The number of likely N-dealkylation sites (tertiary alicyclic amines) is 1. The Balaban J connectivity index is 1.58. The Morgan fingerprint density at radius 2 is 1.87 bits per heavy atom. The number of anilines is 1. The molecule has 1 aromatic carbocycles. The summed E-state index contributed by atoms with van der Waals surface area (Å²) in [4.78, 5) is 26.7. The number of nitrogens with zero attached hydrogens (tertiary/aromatic N) is 4. The molecular formula is C23H31N5O2S. The number of amides is 2. The van der Waals surface area contributed by atoms with Gasteiger partial charge in [-0.2, -0.15) is 0 Å². The van der Waals surface area contributed by atoms with Crippen LogP contribution in [-0.2, 0) is 9.59 Å². The van der Waals surface area contributed by atoms with Crippen molar-refractivity contribution in [3.05, 3.63) is 30.1 Å². The average Bonchev–Trinajstić information content (AvgIpc) is 3.46. The van der Waals surface area contributed by atoms with Crippen molar-refractivity contribution >= 4 is 29.3 Å². The molecule has 2 amide bonds. The van der Waals surface area contributed by atoms with E-state index in [0.29, 0.717) is 17.8 Å². The minimum atomic E-state index is -0.244. The van der Waals surface area contributed by atoms with Gasteiger partial charge in [-0.3, -0.25) is 14.2 Å². The maximum atomic E-state index is 13.2. The Kier molecular flexibility index (Phi) is 6.36. The van der Waals surface area contributed by atoms with Crippen molar-refractivity contribution in [2.24, 2.45) is 11.8 Å². The van der Waals surface area contributed by atoms with Crippen LogP contribution in [0.2, 0.25) is 0 Å². The molecule has 8 heteroatoms. The standard InChI is InChI=1S/C23H31N5O2S/c1-14-10-15(2)13-27(12-14)22(30)16(3)31-23-26-25-21(18-8-9-18)28(23)20-7-5-6-19(11-20)24-17(4)29/h5-7,11,14-16,18H,8-10,12-13H2,1-4H3,(H,24,29)/t14-,15+,16-/m0/s1. The summed E-state index contributed by atoms with van der Waals surface area (Å²) in [6.07, 6.45) is 3.38. The zero-order valence-electron chi connectivity index (χ0n) is 18.7. The second-order valence-corrected chi connectivity index (χ2v) is 10.4. The van der Waals surface area contributed by atoms with Crippen LogP contribution in [0.5, 0.6) is 0 Å². The van der Waals surface area contributed by atoms with E-state index in [1.54, 1.807) is 0 Å². The van der Waals surface area contributed by atoms with Gasteiger partial charge in [0.25, 0.3) is 0 Å². The predicted molar refractivity (Wildman–Crippen MR) is 122 cm³/mol. The number of carbonyl (C=O) groups excluding carboxylic acids is 2. The molecule has 31 heavy (non-hydrogen) atoms. The Bertz CT molecular complexity index is 961. The lowest BCUT2D eigenvalue weighted by Gasteiger charge is -2.36. The molecule has 2 aliphatic rings. The number of rotatable bonds is 6. The SMILES string of the molecule is CC(=O)Nc1cccc(-n2c(S[C@@H](C)C(=O)N3C[C@H](C)C[C@H](C)C3)nnc2C2CC2)c1. The average molecular weight is 442 g/mol. The van der Waals surface area contributed by atoms with E-state index in [2.05, 4.69) is 33.9 Å². The molecule has 0 unspecified atom stereocenters. The van der Waals surface area contributed by atoms with Gasteiger partial charge in [-0.25, -0.2) is 0 Å². The molecule has 1 aliphatic heterocycles. The molecule has 2 heterocycles. The first-order valence-corrected chi connectivity index (χ1v) is 12.0. The quantitative estimate of drug-likeness (QED) is 0.683. The largest absolute Gasteiger partial charge is 0.341 e. The van der Waals surface area contributed by atoms with Gasteiger partial charge in [-0.15, -0.1) is 10.2 Å². The summed E-state index contributed by atoms with van der Waals surface area (Å²) in [5, 5.41) is 12.3. The number of piperidine rings is 1. The van der Waals surface area contributed by atoms with Crippen LogP contribution in [0.1, 0.15) is 58.7 Å². The zero-order valence-corrected chi connectivity index (χ0v) is 19.5. The van der Waals surface area contributed by atoms with Gasteiger partial charge in [0.1, 0.15) is 5.82 Å². The van der Waals surface area contributed by atoms with Crippen molar-refractivity contribution in [1.29, 1.82) is 0 Å². The first-order chi connectivity index (χ1) is 14.8. The summed E-state index contributed by atoms with van der Waals surface area (Å²) < 4.78 is 2.05. The van der Waals surface area contributed by atoms with Gasteiger partial charge in [0.05, 0.1) is 10.9 Å². The van der Waals surface area contributed by atoms with Crippen LogP contribution in [0.3, 0.4) is 0 Å². The summed E-state index contributed by atoms with van der Waals surface area (Å²) >= 11 is 1.47. The van der Waals surface area contributed by atoms with E-state index in [-0.39, 0.29) is 17.1 Å². The molecule has 2 aromatic rings. The molecule has 3 atom stereocenters. The molecule has 0 radical (unpaired) electrons. The van der Waals surface area contributed by atoms with Crippen LogP contribution in [0, 0.1) is 11.8 Å². The molecule has 2 fully saturated rings. The smallest absolute Gasteiger partial charge is 0.235 e. The summed E-state index contributed by atoms with van der Waals surface area (Å²) in [5.41, 5.74) is 1.64. The van der Waals surface area contributed by atoms with Crippen LogP contribution in [0.4, 0.5) is 5.69 Å². The van der Waals surface area contributed by atoms with Crippen molar-refractivity contribution in [1.82, 2.24) is 19.7 Å². The monoisotopic (exact) mass is 441 g/mol. The van der Waals surface area contributed by atoms with E-state index in [1.165, 1.54) is 25.1 Å². The van der Waals surface area contributed by atoms with E-state index in [4.69, 9.17) is 0 Å². The number of thioether (sulfide) groups is 1. The lowest BCUT2D eigenvalue weighted by Crippen LogP contribution is -2.45. The highest BCUT2D eigenvalue weighted by Gasteiger charge is 2.33.